The maximum atomic E-state index is 12.9. The molecule has 4 amide bonds. The Bertz CT molecular complexity index is 851. The molecule has 180 valence electrons. The molecule has 1 heterocycles. The molecule has 0 bridgehead atoms. The topological polar surface area (TPSA) is 125 Å². The van der Waals surface area contributed by atoms with E-state index in [9.17, 15) is 24.0 Å². The van der Waals surface area contributed by atoms with Crippen LogP contribution in [0.1, 0.15) is 45.6 Å². The fraction of sp³-hybridized carbons (Fsp3) is 0.522. The van der Waals surface area contributed by atoms with Gasteiger partial charge in [0.05, 0.1) is 6.04 Å². The van der Waals surface area contributed by atoms with Crippen LogP contribution in [-0.4, -0.2) is 64.9 Å². The van der Waals surface area contributed by atoms with Gasteiger partial charge in [-0.1, -0.05) is 49.0 Å². The molecule has 1 fully saturated rings. The lowest BCUT2D eigenvalue weighted by molar-refractivity contribution is -0.141. The summed E-state index contributed by atoms with van der Waals surface area (Å²) in [4.78, 5) is 62.5. The van der Waals surface area contributed by atoms with Crippen LogP contribution in [-0.2, 0) is 29.7 Å². The summed E-state index contributed by atoms with van der Waals surface area (Å²) >= 11 is 1.16. The van der Waals surface area contributed by atoms with Crippen LogP contribution in [0.25, 0.3) is 0 Å². The van der Waals surface area contributed by atoms with E-state index in [1.807, 2.05) is 37.3 Å². The van der Waals surface area contributed by atoms with Gasteiger partial charge in [0.15, 0.2) is 0 Å². The van der Waals surface area contributed by atoms with E-state index in [1.165, 1.54) is 11.8 Å². The summed E-state index contributed by atoms with van der Waals surface area (Å²) in [6, 6.07) is 6.65. The van der Waals surface area contributed by atoms with Gasteiger partial charge in [-0.05, 0) is 38.7 Å². The SMILES string of the molecule is CCC(NC(=O)C1CCCN1C(=O)C(C)NC(=O)C(C)NC=O)C(=O)SCc1ccccc1. The predicted molar refractivity (Wildman–Crippen MR) is 126 cm³/mol. The van der Waals surface area contributed by atoms with E-state index in [0.29, 0.717) is 38.0 Å². The Morgan fingerprint density at radius 3 is 2.45 bits per heavy atom. The highest BCUT2D eigenvalue weighted by molar-refractivity contribution is 8.13. The van der Waals surface area contributed by atoms with Crippen molar-refractivity contribution in [3.63, 3.8) is 0 Å². The van der Waals surface area contributed by atoms with Gasteiger partial charge in [-0.2, -0.15) is 0 Å². The maximum Gasteiger partial charge on any atom is 0.245 e. The Balaban J connectivity index is 1.93. The van der Waals surface area contributed by atoms with Crippen molar-refractivity contribution in [2.45, 2.75) is 70.0 Å². The molecule has 1 saturated heterocycles. The number of carbonyl (C=O) groups is 5. The molecule has 0 saturated carbocycles. The second-order valence-corrected chi connectivity index (χ2v) is 8.97. The Morgan fingerprint density at radius 2 is 1.82 bits per heavy atom. The number of likely N-dealkylation sites (tertiary alicyclic amines) is 1. The first-order valence-electron chi connectivity index (χ1n) is 11.1. The molecule has 0 aromatic heterocycles. The third-order valence-electron chi connectivity index (χ3n) is 5.51. The second-order valence-electron chi connectivity index (χ2n) is 7.99. The van der Waals surface area contributed by atoms with Crippen LogP contribution in [0.2, 0.25) is 0 Å². The van der Waals surface area contributed by atoms with Gasteiger partial charge in [0.2, 0.25) is 29.2 Å². The molecule has 1 aromatic rings. The first-order valence-corrected chi connectivity index (χ1v) is 12.1. The molecular formula is C23H32N4O5S. The molecule has 1 aliphatic rings. The van der Waals surface area contributed by atoms with Crippen molar-refractivity contribution in [2.75, 3.05) is 6.54 Å². The molecule has 0 radical (unpaired) electrons. The van der Waals surface area contributed by atoms with Crippen molar-refractivity contribution in [3.05, 3.63) is 35.9 Å². The van der Waals surface area contributed by atoms with Crippen LogP contribution in [0.5, 0.6) is 0 Å². The van der Waals surface area contributed by atoms with Crippen molar-refractivity contribution in [2.24, 2.45) is 0 Å². The van der Waals surface area contributed by atoms with Crippen molar-refractivity contribution in [1.82, 2.24) is 20.9 Å². The zero-order valence-electron chi connectivity index (χ0n) is 19.2. The molecule has 3 N–H and O–H groups in total. The van der Waals surface area contributed by atoms with Crippen LogP contribution < -0.4 is 16.0 Å². The molecule has 2 rings (SSSR count). The van der Waals surface area contributed by atoms with E-state index in [4.69, 9.17) is 0 Å². The Kier molecular flexibility index (Phi) is 10.4. The molecule has 4 unspecified atom stereocenters. The minimum Gasteiger partial charge on any atom is -0.347 e. The summed E-state index contributed by atoms with van der Waals surface area (Å²) in [7, 11) is 0. The summed E-state index contributed by atoms with van der Waals surface area (Å²) in [6.07, 6.45) is 2.01. The minimum absolute atomic E-state index is 0.122. The Hall–Kier alpha value is -2.88. The van der Waals surface area contributed by atoms with Crippen LogP contribution in [0.15, 0.2) is 30.3 Å². The van der Waals surface area contributed by atoms with E-state index in [2.05, 4.69) is 16.0 Å². The second kappa shape index (κ2) is 13.0. The summed E-state index contributed by atoms with van der Waals surface area (Å²) in [5, 5.41) is 7.57. The Morgan fingerprint density at radius 1 is 1.12 bits per heavy atom. The first-order chi connectivity index (χ1) is 15.8. The molecule has 1 aromatic carbocycles. The number of hydrogen-bond acceptors (Lipinski definition) is 6. The van der Waals surface area contributed by atoms with Crippen LogP contribution in [0.3, 0.4) is 0 Å². The number of nitrogens with zero attached hydrogens (tertiary/aromatic N) is 1. The fourth-order valence-corrected chi connectivity index (χ4v) is 4.48. The van der Waals surface area contributed by atoms with Crippen molar-refractivity contribution in [1.29, 1.82) is 0 Å². The van der Waals surface area contributed by atoms with E-state index in [1.54, 1.807) is 6.92 Å². The quantitative estimate of drug-likeness (QED) is 0.409. The van der Waals surface area contributed by atoms with Gasteiger partial charge in [-0.3, -0.25) is 24.0 Å². The highest BCUT2D eigenvalue weighted by atomic mass is 32.2. The number of hydrogen-bond donors (Lipinski definition) is 3. The average Bonchev–Trinajstić information content (AvgIpc) is 3.31. The highest BCUT2D eigenvalue weighted by Gasteiger charge is 2.37. The van der Waals surface area contributed by atoms with E-state index < -0.39 is 30.1 Å². The average molecular weight is 477 g/mol. The van der Waals surface area contributed by atoms with Gasteiger partial charge in [0, 0.05) is 12.3 Å². The van der Waals surface area contributed by atoms with Crippen molar-refractivity contribution >= 4 is 41.0 Å². The monoisotopic (exact) mass is 476 g/mol. The summed E-state index contributed by atoms with van der Waals surface area (Å²) in [5.41, 5.74) is 1.03. The lowest BCUT2D eigenvalue weighted by atomic mass is 10.1. The standard InChI is InChI=1S/C23H32N4O5S/c1-4-18(23(32)33-13-17-9-6-5-7-10-17)26-21(30)19-11-8-12-27(19)22(31)16(3)25-20(29)15(2)24-14-28/h5-7,9-10,14-16,18-19H,4,8,11-13H2,1-3H3,(H,24,28)(H,25,29)(H,26,30). The number of rotatable bonds is 11. The molecule has 4 atom stereocenters. The van der Waals surface area contributed by atoms with Crippen LogP contribution in [0, 0.1) is 0 Å². The summed E-state index contributed by atoms with van der Waals surface area (Å²) < 4.78 is 0. The zero-order chi connectivity index (χ0) is 24.4. The van der Waals surface area contributed by atoms with E-state index in [-0.39, 0.29) is 16.9 Å². The zero-order valence-corrected chi connectivity index (χ0v) is 20.0. The van der Waals surface area contributed by atoms with Crippen molar-refractivity contribution in [3.8, 4) is 0 Å². The molecule has 10 heteroatoms. The lowest BCUT2D eigenvalue weighted by Crippen LogP contribution is -2.55. The van der Waals surface area contributed by atoms with Gasteiger partial charge < -0.3 is 20.9 Å². The fourth-order valence-electron chi connectivity index (χ4n) is 3.55. The molecule has 1 aliphatic heterocycles. The predicted octanol–water partition coefficient (Wildman–Crippen LogP) is 0.971. The van der Waals surface area contributed by atoms with Crippen LogP contribution in [0.4, 0.5) is 0 Å². The van der Waals surface area contributed by atoms with Gasteiger partial charge in [0.1, 0.15) is 18.1 Å². The first kappa shape index (κ1) is 26.4. The molecule has 0 spiro atoms. The number of benzene rings is 1. The Labute approximate surface area is 198 Å². The lowest BCUT2D eigenvalue weighted by Gasteiger charge is -2.28. The molecule has 33 heavy (non-hydrogen) atoms. The maximum absolute atomic E-state index is 12.9. The molecule has 9 nitrogen and oxygen atoms in total. The van der Waals surface area contributed by atoms with Gasteiger partial charge in [-0.15, -0.1) is 0 Å². The van der Waals surface area contributed by atoms with E-state index >= 15 is 0 Å². The number of nitrogens with one attached hydrogen (secondary N) is 3. The van der Waals surface area contributed by atoms with Gasteiger partial charge in [0.25, 0.3) is 0 Å². The van der Waals surface area contributed by atoms with Crippen molar-refractivity contribution < 1.29 is 24.0 Å². The smallest absolute Gasteiger partial charge is 0.245 e. The highest BCUT2D eigenvalue weighted by Crippen LogP contribution is 2.20. The van der Waals surface area contributed by atoms with E-state index in [0.717, 1.165) is 17.3 Å². The van der Waals surface area contributed by atoms with Gasteiger partial charge in [-0.25, -0.2) is 0 Å². The summed E-state index contributed by atoms with van der Waals surface area (Å²) in [5.74, 6) is -0.711. The third kappa shape index (κ3) is 7.59. The third-order valence-corrected chi connectivity index (χ3v) is 6.56. The van der Waals surface area contributed by atoms with Crippen LogP contribution >= 0.6 is 11.8 Å². The number of amides is 4. The minimum atomic E-state index is -0.855. The molecule has 0 aliphatic carbocycles. The summed E-state index contributed by atoms with van der Waals surface area (Å²) in [6.45, 7) is 5.27. The normalized spacial score (nSPS) is 18.0. The number of thioether (sulfide) groups is 1. The number of carbonyl (C=O) groups excluding carboxylic acids is 5. The largest absolute Gasteiger partial charge is 0.347 e. The molecular weight excluding hydrogens is 444 g/mol. The van der Waals surface area contributed by atoms with Gasteiger partial charge >= 0.3 is 0 Å².